The normalized spacial score (nSPS) is 15.9. The molecule has 1 aromatic heterocycles. The van der Waals surface area contributed by atoms with Gasteiger partial charge in [0.25, 0.3) is 0 Å². The standard InChI is InChI=1S/C24H37N5O2/c1-3-21-17-23(31-28-21)18-27-24(25-4-2)26-13-8-16-30-22-11-14-29(15-12-22)19-20-9-6-5-7-10-20/h5-7,9-10,17,22H,3-4,8,11-16,18-19H2,1-2H3,(H2,25,26,27). The third-order valence-electron chi connectivity index (χ3n) is 5.46. The highest BCUT2D eigenvalue weighted by molar-refractivity contribution is 5.79. The number of hydrogen-bond acceptors (Lipinski definition) is 5. The Balaban J connectivity index is 1.28. The molecule has 0 spiro atoms. The van der Waals surface area contributed by atoms with Crippen LogP contribution in [0.3, 0.4) is 0 Å². The van der Waals surface area contributed by atoms with Crippen LogP contribution < -0.4 is 10.6 Å². The Bertz CT molecular complexity index is 769. The van der Waals surface area contributed by atoms with E-state index >= 15 is 0 Å². The average molecular weight is 428 g/mol. The Hall–Kier alpha value is -2.38. The fourth-order valence-electron chi connectivity index (χ4n) is 3.70. The predicted octanol–water partition coefficient (Wildman–Crippen LogP) is 3.36. The minimum Gasteiger partial charge on any atom is -0.378 e. The summed E-state index contributed by atoms with van der Waals surface area (Å²) in [7, 11) is 0. The highest BCUT2D eigenvalue weighted by Crippen LogP contribution is 2.16. The first kappa shape index (κ1) is 23.3. The fourth-order valence-corrected chi connectivity index (χ4v) is 3.70. The molecule has 2 aromatic rings. The van der Waals surface area contributed by atoms with Gasteiger partial charge in [-0.1, -0.05) is 42.4 Å². The molecule has 0 radical (unpaired) electrons. The molecule has 0 unspecified atom stereocenters. The Morgan fingerprint density at radius 3 is 2.71 bits per heavy atom. The zero-order chi connectivity index (χ0) is 21.7. The van der Waals surface area contributed by atoms with Gasteiger partial charge in [0.15, 0.2) is 11.7 Å². The first-order valence-electron chi connectivity index (χ1n) is 11.6. The van der Waals surface area contributed by atoms with Gasteiger partial charge in [-0.05, 0) is 38.2 Å². The second-order valence-corrected chi connectivity index (χ2v) is 7.95. The second kappa shape index (κ2) is 13.1. The molecule has 0 saturated carbocycles. The number of aliphatic imine (C=N–C) groups is 1. The van der Waals surface area contributed by atoms with Crippen LogP contribution in [0, 0.1) is 0 Å². The highest BCUT2D eigenvalue weighted by atomic mass is 16.5. The summed E-state index contributed by atoms with van der Waals surface area (Å²) in [5.74, 6) is 1.59. The zero-order valence-electron chi connectivity index (χ0n) is 19.0. The molecule has 7 nitrogen and oxygen atoms in total. The van der Waals surface area contributed by atoms with Crippen LogP contribution in [0.1, 0.15) is 50.1 Å². The maximum absolute atomic E-state index is 6.12. The lowest BCUT2D eigenvalue weighted by Crippen LogP contribution is -2.38. The minimum absolute atomic E-state index is 0.383. The van der Waals surface area contributed by atoms with Crippen molar-refractivity contribution >= 4 is 5.96 Å². The maximum Gasteiger partial charge on any atom is 0.191 e. The highest BCUT2D eigenvalue weighted by Gasteiger charge is 2.19. The third-order valence-corrected chi connectivity index (χ3v) is 5.46. The Labute approximate surface area is 186 Å². The predicted molar refractivity (Wildman–Crippen MR) is 124 cm³/mol. The molecule has 3 rings (SSSR count). The van der Waals surface area contributed by atoms with E-state index in [4.69, 9.17) is 9.26 Å². The van der Waals surface area contributed by atoms with Gasteiger partial charge in [0.05, 0.1) is 11.8 Å². The minimum atomic E-state index is 0.383. The number of ether oxygens (including phenoxy) is 1. The van der Waals surface area contributed by atoms with E-state index in [1.807, 2.05) is 6.07 Å². The van der Waals surface area contributed by atoms with Crippen molar-refractivity contribution in [1.82, 2.24) is 20.7 Å². The van der Waals surface area contributed by atoms with Crippen LogP contribution in [0.25, 0.3) is 0 Å². The summed E-state index contributed by atoms with van der Waals surface area (Å²) < 4.78 is 11.4. The van der Waals surface area contributed by atoms with E-state index in [0.717, 1.165) is 82.4 Å². The summed E-state index contributed by atoms with van der Waals surface area (Å²) in [5, 5.41) is 10.7. The molecule has 2 N–H and O–H groups in total. The van der Waals surface area contributed by atoms with Crippen molar-refractivity contribution in [3.05, 3.63) is 53.4 Å². The van der Waals surface area contributed by atoms with E-state index in [1.54, 1.807) is 0 Å². The van der Waals surface area contributed by atoms with Crippen molar-refractivity contribution in [2.75, 3.05) is 32.8 Å². The van der Waals surface area contributed by atoms with Gasteiger partial charge in [0, 0.05) is 45.4 Å². The lowest BCUT2D eigenvalue weighted by Gasteiger charge is -2.32. The lowest BCUT2D eigenvalue weighted by atomic mass is 10.1. The lowest BCUT2D eigenvalue weighted by molar-refractivity contribution is 0.00534. The molecule has 0 atom stereocenters. The average Bonchev–Trinajstić information content (AvgIpc) is 3.27. The largest absolute Gasteiger partial charge is 0.378 e. The van der Waals surface area contributed by atoms with Crippen LogP contribution >= 0.6 is 0 Å². The summed E-state index contributed by atoms with van der Waals surface area (Å²) in [6, 6.07) is 12.7. The molecule has 0 aliphatic carbocycles. The van der Waals surface area contributed by atoms with Gasteiger partial charge in [-0.15, -0.1) is 0 Å². The molecule has 1 saturated heterocycles. The van der Waals surface area contributed by atoms with E-state index in [9.17, 15) is 0 Å². The topological polar surface area (TPSA) is 74.9 Å². The van der Waals surface area contributed by atoms with Crippen molar-refractivity contribution < 1.29 is 9.26 Å². The SMILES string of the molecule is CCNC(=NCc1cc(CC)no1)NCCCOC1CCN(Cc2ccccc2)CC1. The van der Waals surface area contributed by atoms with Gasteiger partial charge in [0.1, 0.15) is 6.54 Å². The van der Waals surface area contributed by atoms with E-state index in [0.29, 0.717) is 12.6 Å². The summed E-state index contributed by atoms with van der Waals surface area (Å²) in [5.41, 5.74) is 2.35. The summed E-state index contributed by atoms with van der Waals surface area (Å²) in [6.07, 6.45) is 4.44. The number of aryl methyl sites for hydroxylation is 1. The summed E-state index contributed by atoms with van der Waals surface area (Å²) in [6.45, 7) is 10.3. The molecule has 1 aromatic carbocycles. The van der Waals surface area contributed by atoms with Crippen LogP contribution in [0.4, 0.5) is 0 Å². The Morgan fingerprint density at radius 2 is 2.00 bits per heavy atom. The number of rotatable bonds is 11. The third kappa shape index (κ3) is 8.34. The first-order chi connectivity index (χ1) is 15.3. The van der Waals surface area contributed by atoms with E-state index in [2.05, 4.69) is 69.9 Å². The molecular formula is C24H37N5O2. The zero-order valence-corrected chi connectivity index (χ0v) is 19.0. The molecular weight excluding hydrogens is 390 g/mol. The molecule has 2 heterocycles. The van der Waals surface area contributed by atoms with Gasteiger partial charge in [-0.25, -0.2) is 4.99 Å². The van der Waals surface area contributed by atoms with E-state index in [-0.39, 0.29) is 0 Å². The Morgan fingerprint density at radius 1 is 1.19 bits per heavy atom. The van der Waals surface area contributed by atoms with Crippen molar-refractivity contribution in [2.24, 2.45) is 4.99 Å². The fraction of sp³-hybridized carbons (Fsp3) is 0.583. The molecule has 1 aliphatic heterocycles. The molecule has 1 aliphatic rings. The first-order valence-corrected chi connectivity index (χ1v) is 11.6. The number of guanidine groups is 1. The van der Waals surface area contributed by atoms with Gasteiger partial charge in [0.2, 0.25) is 0 Å². The molecule has 7 heteroatoms. The van der Waals surface area contributed by atoms with Crippen molar-refractivity contribution in [3.63, 3.8) is 0 Å². The quantitative estimate of drug-likeness (QED) is 0.325. The van der Waals surface area contributed by atoms with Crippen LogP contribution in [0.5, 0.6) is 0 Å². The molecule has 170 valence electrons. The molecule has 1 fully saturated rings. The van der Waals surface area contributed by atoms with Crippen LogP contribution in [0.15, 0.2) is 45.9 Å². The summed E-state index contributed by atoms with van der Waals surface area (Å²) >= 11 is 0. The number of hydrogen-bond donors (Lipinski definition) is 2. The van der Waals surface area contributed by atoms with E-state index < -0.39 is 0 Å². The second-order valence-electron chi connectivity index (χ2n) is 7.95. The maximum atomic E-state index is 6.12. The number of aromatic nitrogens is 1. The van der Waals surface area contributed by atoms with Gasteiger partial charge >= 0.3 is 0 Å². The number of likely N-dealkylation sites (tertiary alicyclic amines) is 1. The number of piperidine rings is 1. The van der Waals surface area contributed by atoms with Crippen molar-refractivity contribution in [1.29, 1.82) is 0 Å². The monoisotopic (exact) mass is 427 g/mol. The van der Waals surface area contributed by atoms with Crippen LogP contribution in [-0.2, 0) is 24.2 Å². The molecule has 0 amide bonds. The van der Waals surface area contributed by atoms with Crippen molar-refractivity contribution in [3.8, 4) is 0 Å². The van der Waals surface area contributed by atoms with Gasteiger partial charge < -0.3 is 19.9 Å². The molecule has 31 heavy (non-hydrogen) atoms. The molecule has 0 bridgehead atoms. The number of nitrogens with zero attached hydrogens (tertiary/aromatic N) is 3. The van der Waals surface area contributed by atoms with Crippen LogP contribution in [0.2, 0.25) is 0 Å². The van der Waals surface area contributed by atoms with Gasteiger partial charge in [-0.3, -0.25) is 4.90 Å². The number of nitrogens with one attached hydrogen (secondary N) is 2. The Kier molecular flexibility index (Phi) is 9.86. The smallest absolute Gasteiger partial charge is 0.191 e. The van der Waals surface area contributed by atoms with Gasteiger partial charge in [-0.2, -0.15) is 0 Å². The van der Waals surface area contributed by atoms with Crippen molar-refractivity contribution in [2.45, 2.75) is 58.7 Å². The summed E-state index contributed by atoms with van der Waals surface area (Å²) in [4.78, 5) is 7.10. The van der Waals surface area contributed by atoms with E-state index in [1.165, 1.54) is 5.56 Å². The van der Waals surface area contributed by atoms with Crippen LogP contribution in [-0.4, -0.2) is 54.9 Å². The number of benzene rings is 1.